The van der Waals surface area contributed by atoms with E-state index in [1.54, 1.807) is 24.3 Å². The number of aryl methyl sites for hydroxylation is 1. The van der Waals surface area contributed by atoms with Crippen LogP contribution in [0.5, 0.6) is 0 Å². The van der Waals surface area contributed by atoms with Crippen molar-refractivity contribution in [2.45, 2.75) is 19.0 Å². The van der Waals surface area contributed by atoms with Crippen LogP contribution in [0, 0.1) is 6.92 Å². The van der Waals surface area contributed by atoms with Crippen molar-refractivity contribution in [1.29, 1.82) is 0 Å². The first kappa shape index (κ1) is 18.0. The van der Waals surface area contributed by atoms with E-state index in [-0.39, 0.29) is 17.6 Å². The van der Waals surface area contributed by atoms with Crippen LogP contribution in [0.4, 0.5) is 5.69 Å². The number of benzene rings is 2. The number of nitrogens with zero attached hydrogens (tertiary/aromatic N) is 1. The number of aromatic nitrogens is 2. The quantitative estimate of drug-likeness (QED) is 0.582. The minimum atomic E-state index is -0.157. The van der Waals surface area contributed by atoms with Crippen molar-refractivity contribution in [2.75, 3.05) is 17.6 Å². The fraction of sp³-hybridized carbons (Fsp3) is 0.211. The Labute approximate surface area is 155 Å². The predicted octanol–water partition coefficient (Wildman–Crippen LogP) is 3.35. The van der Waals surface area contributed by atoms with Crippen LogP contribution in [0.1, 0.15) is 22.8 Å². The molecule has 0 unspecified atom stereocenters. The van der Waals surface area contributed by atoms with Gasteiger partial charge in [0, 0.05) is 17.8 Å². The predicted molar refractivity (Wildman–Crippen MR) is 105 cm³/mol. The Balaban J connectivity index is 1.60. The smallest absolute Gasteiger partial charge is 0.251 e. The third-order valence-corrected chi connectivity index (χ3v) is 4.57. The van der Waals surface area contributed by atoms with E-state index < -0.39 is 0 Å². The summed E-state index contributed by atoms with van der Waals surface area (Å²) in [6.07, 6.45) is 0. The van der Waals surface area contributed by atoms with E-state index in [4.69, 9.17) is 0 Å². The maximum absolute atomic E-state index is 12.2. The Hall–Kier alpha value is -2.80. The number of imidazole rings is 1. The second kappa shape index (κ2) is 8.05. The zero-order valence-corrected chi connectivity index (χ0v) is 15.4. The highest BCUT2D eigenvalue weighted by molar-refractivity contribution is 7.99. The van der Waals surface area contributed by atoms with Gasteiger partial charge in [0.2, 0.25) is 5.91 Å². The Kier molecular flexibility index (Phi) is 5.58. The molecule has 3 rings (SSSR count). The number of fused-ring (bicyclic) bond motifs is 1. The zero-order chi connectivity index (χ0) is 18.5. The number of amides is 2. The number of H-pyrrole nitrogens is 1. The Morgan fingerprint density at radius 1 is 1.19 bits per heavy atom. The molecule has 0 aliphatic carbocycles. The van der Waals surface area contributed by atoms with Crippen LogP contribution >= 0.6 is 11.8 Å². The molecule has 6 nitrogen and oxygen atoms in total. The number of aromatic amines is 1. The van der Waals surface area contributed by atoms with Crippen molar-refractivity contribution >= 4 is 40.3 Å². The summed E-state index contributed by atoms with van der Waals surface area (Å²) in [7, 11) is 0. The molecule has 0 spiro atoms. The maximum Gasteiger partial charge on any atom is 0.251 e. The first-order valence-corrected chi connectivity index (χ1v) is 9.31. The Bertz CT molecular complexity index is 952. The van der Waals surface area contributed by atoms with Crippen molar-refractivity contribution in [2.24, 2.45) is 0 Å². The fourth-order valence-corrected chi connectivity index (χ4v) is 3.19. The number of hydrogen-bond acceptors (Lipinski definition) is 4. The first-order chi connectivity index (χ1) is 12.5. The second-order valence-electron chi connectivity index (χ2n) is 5.84. The van der Waals surface area contributed by atoms with E-state index in [0.717, 1.165) is 16.6 Å². The maximum atomic E-state index is 12.2. The number of carbonyl (C=O) groups is 2. The molecule has 0 aliphatic rings. The van der Waals surface area contributed by atoms with Crippen molar-refractivity contribution in [3.8, 4) is 0 Å². The van der Waals surface area contributed by atoms with Gasteiger partial charge in [0.25, 0.3) is 5.91 Å². The molecule has 0 fully saturated rings. The lowest BCUT2D eigenvalue weighted by molar-refractivity contribution is -0.113. The summed E-state index contributed by atoms with van der Waals surface area (Å²) in [5, 5.41) is 6.25. The molecule has 0 aliphatic heterocycles. The average Bonchev–Trinajstić information content (AvgIpc) is 3.02. The van der Waals surface area contributed by atoms with Crippen molar-refractivity contribution in [1.82, 2.24) is 15.3 Å². The Morgan fingerprint density at radius 3 is 2.85 bits per heavy atom. The van der Waals surface area contributed by atoms with E-state index in [0.29, 0.717) is 23.0 Å². The summed E-state index contributed by atoms with van der Waals surface area (Å²) in [6, 6.07) is 12.9. The summed E-state index contributed by atoms with van der Waals surface area (Å²) in [4.78, 5) is 31.7. The van der Waals surface area contributed by atoms with Crippen LogP contribution in [0.25, 0.3) is 11.0 Å². The largest absolute Gasteiger partial charge is 0.352 e. The molecule has 26 heavy (non-hydrogen) atoms. The van der Waals surface area contributed by atoms with Gasteiger partial charge in [0.05, 0.1) is 16.8 Å². The Morgan fingerprint density at radius 2 is 2.04 bits per heavy atom. The van der Waals surface area contributed by atoms with Gasteiger partial charge in [-0.3, -0.25) is 9.59 Å². The molecule has 0 saturated heterocycles. The van der Waals surface area contributed by atoms with Crippen LogP contribution in [-0.4, -0.2) is 34.1 Å². The highest BCUT2D eigenvalue weighted by Gasteiger charge is 2.09. The van der Waals surface area contributed by atoms with Gasteiger partial charge < -0.3 is 15.6 Å². The lowest BCUT2D eigenvalue weighted by Crippen LogP contribution is -2.23. The number of thioether (sulfide) groups is 1. The molecular formula is C19H20N4O2S. The number of rotatable bonds is 6. The normalized spacial score (nSPS) is 10.7. The monoisotopic (exact) mass is 368 g/mol. The molecule has 1 heterocycles. The molecule has 3 aromatic rings. The summed E-state index contributed by atoms with van der Waals surface area (Å²) < 4.78 is 0. The van der Waals surface area contributed by atoms with Gasteiger partial charge in [-0.1, -0.05) is 23.9 Å². The number of nitrogens with one attached hydrogen (secondary N) is 3. The van der Waals surface area contributed by atoms with E-state index in [2.05, 4.69) is 20.6 Å². The van der Waals surface area contributed by atoms with Crippen LogP contribution in [0.2, 0.25) is 0 Å². The molecule has 3 N–H and O–H groups in total. The zero-order valence-electron chi connectivity index (χ0n) is 14.6. The topological polar surface area (TPSA) is 86.9 Å². The lowest BCUT2D eigenvalue weighted by Gasteiger charge is -2.07. The highest BCUT2D eigenvalue weighted by atomic mass is 32.2. The molecule has 0 saturated carbocycles. The van der Waals surface area contributed by atoms with Crippen molar-refractivity contribution in [3.63, 3.8) is 0 Å². The van der Waals surface area contributed by atoms with Gasteiger partial charge in [-0.2, -0.15) is 0 Å². The van der Waals surface area contributed by atoms with Crippen LogP contribution in [-0.2, 0) is 4.79 Å². The van der Waals surface area contributed by atoms with Gasteiger partial charge in [-0.05, 0) is 49.7 Å². The summed E-state index contributed by atoms with van der Waals surface area (Å²) >= 11 is 1.34. The van der Waals surface area contributed by atoms with E-state index >= 15 is 0 Å². The van der Waals surface area contributed by atoms with Gasteiger partial charge >= 0.3 is 0 Å². The fourth-order valence-electron chi connectivity index (χ4n) is 2.50. The van der Waals surface area contributed by atoms with E-state index in [1.165, 1.54) is 11.8 Å². The molecule has 134 valence electrons. The van der Waals surface area contributed by atoms with Gasteiger partial charge in [-0.15, -0.1) is 0 Å². The van der Waals surface area contributed by atoms with Crippen LogP contribution in [0.3, 0.4) is 0 Å². The number of carbonyl (C=O) groups excluding carboxylic acids is 2. The van der Waals surface area contributed by atoms with Crippen LogP contribution < -0.4 is 10.6 Å². The average molecular weight is 368 g/mol. The van der Waals surface area contributed by atoms with Gasteiger partial charge in [0.1, 0.15) is 0 Å². The van der Waals surface area contributed by atoms with Gasteiger partial charge in [0.15, 0.2) is 5.16 Å². The first-order valence-electron chi connectivity index (χ1n) is 8.32. The van der Waals surface area contributed by atoms with E-state index in [9.17, 15) is 9.59 Å². The SMILES string of the molecule is CCNC(=O)c1cccc(NC(=O)CSc2nc3ccc(C)cc3[nH]2)c1. The molecule has 0 radical (unpaired) electrons. The molecule has 0 atom stereocenters. The molecule has 0 bridgehead atoms. The number of hydrogen-bond donors (Lipinski definition) is 3. The molecular weight excluding hydrogens is 348 g/mol. The minimum absolute atomic E-state index is 0.153. The molecule has 7 heteroatoms. The third kappa shape index (κ3) is 4.43. The summed E-state index contributed by atoms with van der Waals surface area (Å²) in [6.45, 7) is 4.44. The highest BCUT2D eigenvalue weighted by Crippen LogP contribution is 2.20. The molecule has 1 aromatic heterocycles. The molecule has 2 aromatic carbocycles. The lowest BCUT2D eigenvalue weighted by atomic mass is 10.2. The van der Waals surface area contributed by atoms with Crippen LogP contribution in [0.15, 0.2) is 47.6 Å². The van der Waals surface area contributed by atoms with Crippen molar-refractivity contribution < 1.29 is 9.59 Å². The van der Waals surface area contributed by atoms with Gasteiger partial charge in [-0.25, -0.2) is 4.98 Å². The molecule has 2 amide bonds. The standard InChI is InChI=1S/C19H20N4O2S/c1-3-20-18(25)13-5-4-6-14(10-13)21-17(24)11-26-19-22-15-8-7-12(2)9-16(15)23-19/h4-10H,3,11H2,1-2H3,(H,20,25)(H,21,24)(H,22,23). The second-order valence-corrected chi connectivity index (χ2v) is 6.80. The number of anilines is 1. The third-order valence-electron chi connectivity index (χ3n) is 3.70. The minimum Gasteiger partial charge on any atom is -0.352 e. The summed E-state index contributed by atoms with van der Waals surface area (Å²) in [5.74, 6) is -0.0836. The summed E-state index contributed by atoms with van der Waals surface area (Å²) in [5.41, 5.74) is 4.11. The van der Waals surface area contributed by atoms with Crippen molar-refractivity contribution in [3.05, 3.63) is 53.6 Å². The van der Waals surface area contributed by atoms with E-state index in [1.807, 2.05) is 32.0 Å².